The van der Waals surface area contributed by atoms with Crippen molar-refractivity contribution in [3.05, 3.63) is 47.3 Å². The van der Waals surface area contributed by atoms with E-state index >= 15 is 0 Å². The van der Waals surface area contributed by atoms with E-state index < -0.39 is 81.2 Å². The molecule has 5 atom stereocenters. The number of halogens is 1. The quantitative estimate of drug-likeness (QED) is 0.383. The molecule has 51 heavy (non-hydrogen) atoms. The number of rotatable bonds is 5. The van der Waals surface area contributed by atoms with Crippen LogP contribution in [0.1, 0.15) is 76.8 Å². The van der Waals surface area contributed by atoms with Crippen LogP contribution < -0.4 is 15.4 Å². The molecule has 0 radical (unpaired) electrons. The predicted octanol–water partition coefficient (Wildman–Crippen LogP) is 2.46. The van der Waals surface area contributed by atoms with Gasteiger partial charge >= 0.3 is 22.4 Å². The number of nitrogens with zero attached hydrogens (tertiary/aromatic N) is 3. The Morgan fingerprint density at radius 3 is 2.53 bits per heavy atom. The van der Waals surface area contributed by atoms with E-state index in [1.165, 1.54) is 30.0 Å². The third-order valence-corrected chi connectivity index (χ3v) is 10.9. The lowest BCUT2D eigenvalue weighted by Crippen LogP contribution is -2.58. The van der Waals surface area contributed by atoms with Crippen molar-refractivity contribution >= 4 is 40.1 Å². The highest BCUT2D eigenvalue weighted by molar-refractivity contribution is 7.87. The van der Waals surface area contributed by atoms with Crippen LogP contribution in [0.5, 0.6) is 0 Å². The Balaban J connectivity index is 1.41. The fraction of sp³-hybridized carbons (Fsp3) is 0.618. The number of fused-ring (bicyclic) bond motifs is 3. The summed E-state index contributed by atoms with van der Waals surface area (Å²) in [6, 6.07) is 2.25. The lowest BCUT2D eigenvalue weighted by atomic mass is 10.0. The van der Waals surface area contributed by atoms with Crippen LogP contribution >= 0.6 is 0 Å². The normalized spacial score (nSPS) is 27.6. The number of hydrogen-bond donors (Lipinski definition) is 3. The SMILES string of the molecule is CN(C)S(=O)(=O)NC(=O)[C@@]12C[C@@H]1/C=C\CCCCC[C@H](NC(=O)OC(C)(C)C)C(=O)N1C[C@H](OC(=O)N3Cc4cccc(F)c4C3)CC1C(=O)N2. The molecule has 3 aliphatic heterocycles. The number of ether oxygens (including phenoxy) is 2. The minimum atomic E-state index is -4.20. The van der Waals surface area contributed by atoms with Gasteiger partial charge in [0.15, 0.2) is 0 Å². The largest absolute Gasteiger partial charge is 0.444 e. The summed E-state index contributed by atoms with van der Waals surface area (Å²) in [6.07, 6.45) is 4.00. The van der Waals surface area contributed by atoms with Crippen molar-refractivity contribution < 1.29 is 46.3 Å². The lowest BCUT2D eigenvalue weighted by Gasteiger charge is -2.30. The van der Waals surface area contributed by atoms with E-state index in [0.717, 1.165) is 10.7 Å². The van der Waals surface area contributed by atoms with Crippen molar-refractivity contribution in [3.63, 3.8) is 0 Å². The maximum Gasteiger partial charge on any atom is 0.410 e. The maximum atomic E-state index is 14.4. The number of nitrogens with one attached hydrogen (secondary N) is 3. The Kier molecular flexibility index (Phi) is 11.0. The number of alkyl carbamates (subject to hydrolysis) is 1. The summed E-state index contributed by atoms with van der Waals surface area (Å²) >= 11 is 0. The average molecular weight is 735 g/mol. The first-order chi connectivity index (χ1) is 23.9. The van der Waals surface area contributed by atoms with E-state index in [1.807, 2.05) is 10.8 Å². The second-order valence-electron chi connectivity index (χ2n) is 14.7. The first-order valence-electron chi connectivity index (χ1n) is 17.2. The Morgan fingerprint density at radius 1 is 1.10 bits per heavy atom. The van der Waals surface area contributed by atoms with E-state index in [1.54, 1.807) is 39.0 Å². The van der Waals surface area contributed by atoms with E-state index in [4.69, 9.17) is 9.47 Å². The van der Waals surface area contributed by atoms with Crippen molar-refractivity contribution in [2.24, 2.45) is 5.92 Å². The first-order valence-corrected chi connectivity index (χ1v) is 18.6. The zero-order valence-electron chi connectivity index (χ0n) is 29.6. The highest BCUT2D eigenvalue weighted by Gasteiger charge is 2.62. The minimum Gasteiger partial charge on any atom is -0.444 e. The van der Waals surface area contributed by atoms with Crippen molar-refractivity contribution in [2.75, 3.05) is 20.6 Å². The van der Waals surface area contributed by atoms with Crippen LogP contribution in [0.15, 0.2) is 30.4 Å². The Morgan fingerprint density at radius 2 is 1.84 bits per heavy atom. The van der Waals surface area contributed by atoms with Crippen LogP contribution in [-0.2, 0) is 47.2 Å². The van der Waals surface area contributed by atoms with E-state index in [0.29, 0.717) is 30.4 Å². The van der Waals surface area contributed by atoms with Gasteiger partial charge in [0, 0.05) is 38.5 Å². The summed E-state index contributed by atoms with van der Waals surface area (Å²) in [4.78, 5) is 70.6. The number of carbonyl (C=O) groups excluding carboxylic acids is 5. The second kappa shape index (κ2) is 14.8. The molecule has 2 fully saturated rings. The van der Waals surface area contributed by atoms with E-state index in [-0.39, 0.29) is 38.9 Å². The molecule has 1 aromatic carbocycles. The third kappa shape index (κ3) is 8.80. The van der Waals surface area contributed by atoms with Crippen molar-refractivity contribution in [1.82, 2.24) is 29.5 Å². The molecule has 15 nitrogen and oxygen atoms in total. The van der Waals surface area contributed by atoms with Gasteiger partial charge in [-0.05, 0) is 58.1 Å². The molecule has 4 aliphatic rings. The van der Waals surface area contributed by atoms with Gasteiger partial charge in [-0.1, -0.05) is 37.1 Å². The zero-order chi connectivity index (χ0) is 37.3. The smallest absolute Gasteiger partial charge is 0.410 e. The Labute approximate surface area is 297 Å². The number of carbonyl (C=O) groups is 5. The summed E-state index contributed by atoms with van der Waals surface area (Å²) in [5.41, 5.74) is -1.43. The molecule has 280 valence electrons. The van der Waals surface area contributed by atoms with Gasteiger partial charge in [-0.3, -0.25) is 19.3 Å². The van der Waals surface area contributed by atoms with Gasteiger partial charge in [0.05, 0.1) is 13.1 Å². The average Bonchev–Trinajstić information content (AvgIpc) is 3.33. The molecule has 1 aliphatic carbocycles. The van der Waals surface area contributed by atoms with Crippen molar-refractivity contribution in [2.45, 2.75) is 108 Å². The van der Waals surface area contributed by atoms with Crippen molar-refractivity contribution in [3.8, 4) is 0 Å². The fourth-order valence-electron chi connectivity index (χ4n) is 6.64. The minimum absolute atomic E-state index is 0.00953. The summed E-state index contributed by atoms with van der Waals surface area (Å²) in [7, 11) is -1.68. The van der Waals surface area contributed by atoms with Gasteiger partial charge in [0.2, 0.25) is 11.8 Å². The molecule has 3 N–H and O–H groups in total. The number of amides is 5. The standard InChI is InChI=1S/C34H47FN6O9S/c1-33(2,3)50-31(45)36-26-15-10-8-6-7-9-13-22-17-34(22,30(44)38-51(47,48)39(4)5)37-28(42)27-16-23(19-41(27)29(26)43)49-32(46)40-18-21-12-11-14-25(35)24(21)20-40/h9,11-14,22-23,26-27H,6-8,10,15-20H2,1-5H3,(H,36,45)(H,37,42)(H,38,44)/b13-9-/t22-,23+,26-,27?,34+/m0/s1. The molecule has 3 heterocycles. The molecular formula is C34H47FN6O9S. The molecule has 0 aromatic heterocycles. The van der Waals surface area contributed by atoms with Gasteiger partial charge in [0.25, 0.3) is 5.91 Å². The fourth-order valence-corrected chi connectivity index (χ4v) is 7.24. The molecule has 0 spiro atoms. The van der Waals surface area contributed by atoms with Gasteiger partial charge in [-0.2, -0.15) is 12.7 Å². The summed E-state index contributed by atoms with van der Waals surface area (Å²) in [5.74, 6) is -3.24. The van der Waals surface area contributed by atoms with E-state index in [9.17, 15) is 36.8 Å². The number of hydrogen-bond acceptors (Lipinski definition) is 9. The van der Waals surface area contributed by atoms with Crippen LogP contribution in [0, 0.1) is 11.7 Å². The predicted molar refractivity (Wildman–Crippen MR) is 181 cm³/mol. The second-order valence-corrected chi connectivity index (χ2v) is 16.6. The first kappa shape index (κ1) is 38.0. The molecule has 1 saturated carbocycles. The molecule has 0 bridgehead atoms. The topological polar surface area (TPSA) is 184 Å². The van der Waals surface area contributed by atoms with Gasteiger partial charge in [-0.15, -0.1) is 0 Å². The van der Waals surface area contributed by atoms with Gasteiger partial charge in [0.1, 0.15) is 35.1 Å². The summed E-state index contributed by atoms with van der Waals surface area (Å²) < 4.78 is 53.7. The molecule has 5 rings (SSSR count). The highest BCUT2D eigenvalue weighted by atomic mass is 32.2. The Bertz CT molecular complexity index is 1700. The highest BCUT2D eigenvalue weighted by Crippen LogP contribution is 2.46. The summed E-state index contributed by atoms with van der Waals surface area (Å²) in [6.45, 7) is 4.97. The van der Waals surface area contributed by atoms with Gasteiger partial charge in [-0.25, -0.2) is 18.7 Å². The molecular weight excluding hydrogens is 687 g/mol. The van der Waals surface area contributed by atoms with Crippen LogP contribution in [0.2, 0.25) is 0 Å². The van der Waals surface area contributed by atoms with Crippen LogP contribution in [-0.4, -0.2) is 102 Å². The van der Waals surface area contributed by atoms with E-state index in [2.05, 4.69) is 10.6 Å². The maximum absolute atomic E-state index is 14.4. The monoisotopic (exact) mass is 734 g/mol. The zero-order valence-corrected chi connectivity index (χ0v) is 30.4. The molecule has 1 saturated heterocycles. The van der Waals surface area contributed by atoms with Crippen LogP contribution in [0.4, 0.5) is 14.0 Å². The third-order valence-electron chi connectivity index (χ3n) is 9.49. The number of allylic oxidation sites excluding steroid dienone is 1. The molecule has 5 amide bonds. The Hall–Kier alpha value is -4.25. The van der Waals surface area contributed by atoms with Crippen molar-refractivity contribution in [1.29, 1.82) is 0 Å². The molecule has 17 heteroatoms. The molecule has 1 unspecified atom stereocenters. The molecule has 1 aromatic rings. The summed E-state index contributed by atoms with van der Waals surface area (Å²) in [5, 5.41) is 5.40. The van der Waals surface area contributed by atoms with Gasteiger partial charge < -0.3 is 25.0 Å². The lowest BCUT2D eigenvalue weighted by molar-refractivity contribution is -0.141. The van der Waals surface area contributed by atoms with Crippen LogP contribution in [0.3, 0.4) is 0 Å². The number of benzene rings is 1. The van der Waals surface area contributed by atoms with Crippen LogP contribution in [0.25, 0.3) is 0 Å².